The summed E-state index contributed by atoms with van der Waals surface area (Å²) in [4.78, 5) is 15.4. The number of benzene rings is 1. The number of carbonyl (C=O) groups is 1. The molecule has 29 heavy (non-hydrogen) atoms. The number of unbranched alkanes of at least 4 members (excludes halogenated alkanes) is 2. The van der Waals surface area contributed by atoms with Gasteiger partial charge in [-0.2, -0.15) is 0 Å². The van der Waals surface area contributed by atoms with E-state index in [1.165, 1.54) is 0 Å². The highest BCUT2D eigenvalue weighted by Crippen LogP contribution is 2.25. The third-order valence-electron chi connectivity index (χ3n) is 4.75. The molecule has 1 aromatic carbocycles. The molecule has 154 valence electrons. The Morgan fingerprint density at radius 2 is 1.97 bits per heavy atom. The lowest BCUT2D eigenvalue weighted by molar-refractivity contribution is -0.151. The van der Waals surface area contributed by atoms with Crippen LogP contribution in [0, 0.1) is 6.92 Å². The van der Waals surface area contributed by atoms with Crippen LogP contribution in [0.5, 0.6) is 0 Å². The molecule has 8 nitrogen and oxygen atoms in total. The molecule has 0 bridgehead atoms. The van der Waals surface area contributed by atoms with Gasteiger partial charge in [0.1, 0.15) is 5.76 Å². The zero-order chi connectivity index (χ0) is 20.6. The molecule has 3 aromatic rings. The Morgan fingerprint density at radius 3 is 2.69 bits per heavy atom. The number of nitrogens with zero attached hydrogens (tertiary/aromatic N) is 4. The van der Waals surface area contributed by atoms with E-state index in [9.17, 15) is 10.0 Å². The van der Waals surface area contributed by atoms with Gasteiger partial charge in [0.15, 0.2) is 0 Å². The van der Waals surface area contributed by atoms with Gasteiger partial charge in [0.05, 0.1) is 24.6 Å². The molecule has 0 aliphatic heterocycles. The summed E-state index contributed by atoms with van der Waals surface area (Å²) in [7, 11) is 0. The number of carbonyl (C=O) groups excluding carboxylic acids is 1. The number of amides is 1. The van der Waals surface area contributed by atoms with Crippen LogP contribution >= 0.6 is 0 Å². The zero-order valence-electron chi connectivity index (χ0n) is 16.7. The average Bonchev–Trinajstić information content (AvgIpc) is 3.35. The first kappa shape index (κ1) is 20.7. The van der Waals surface area contributed by atoms with Gasteiger partial charge in [-0.25, -0.2) is 10.0 Å². The number of oxazole rings is 1. The SMILES string of the molecule is CCCCC[C@@H](CN(O)C=O)c1nnc(Cc2nc(-c3ccccc3)oc2C)o1. The lowest BCUT2D eigenvalue weighted by Gasteiger charge is -2.16. The largest absolute Gasteiger partial charge is 0.441 e. The predicted octanol–water partition coefficient (Wildman–Crippen LogP) is 4.14. The molecule has 0 saturated carbocycles. The van der Waals surface area contributed by atoms with Gasteiger partial charge in [0.25, 0.3) is 0 Å². The van der Waals surface area contributed by atoms with E-state index in [4.69, 9.17) is 8.83 Å². The molecule has 0 fully saturated rings. The Morgan fingerprint density at radius 1 is 1.17 bits per heavy atom. The van der Waals surface area contributed by atoms with Gasteiger partial charge in [-0.05, 0) is 25.5 Å². The third-order valence-corrected chi connectivity index (χ3v) is 4.75. The third kappa shape index (κ3) is 5.51. The van der Waals surface area contributed by atoms with E-state index < -0.39 is 0 Å². The molecular weight excluding hydrogens is 372 g/mol. The molecule has 1 atom stereocenters. The van der Waals surface area contributed by atoms with Crippen LogP contribution in [0.3, 0.4) is 0 Å². The van der Waals surface area contributed by atoms with Crippen LogP contribution in [0.1, 0.15) is 61.8 Å². The summed E-state index contributed by atoms with van der Waals surface area (Å²) >= 11 is 0. The molecule has 0 radical (unpaired) electrons. The second-order valence-corrected chi connectivity index (χ2v) is 7.02. The van der Waals surface area contributed by atoms with Crippen LogP contribution in [0.2, 0.25) is 0 Å². The van der Waals surface area contributed by atoms with E-state index in [2.05, 4.69) is 22.1 Å². The van der Waals surface area contributed by atoms with Crippen LogP contribution in [0.15, 0.2) is 39.2 Å². The topological polar surface area (TPSA) is 105 Å². The first-order valence-corrected chi connectivity index (χ1v) is 9.85. The Balaban J connectivity index is 1.73. The molecule has 0 spiro atoms. The van der Waals surface area contributed by atoms with Crippen molar-refractivity contribution in [2.45, 2.75) is 51.9 Å². The number of hydroxylamine groups is 2. The Labute approximate surface area is 169 Å². The molecule has 3 rings (SSSR count). The van der Waals surface area contributed by atoms with Crippen molar-refractivity contribution in [3.05, 3.63) is 53.6 Å². The number of hydrogen-bond donors (Lipinski definition) is 1. The highest BCUT2D eigenvalue weighted by Gasteiger charge is 2.22. The van der Waals surface area contributed by atoms with Gasteiger partial charge in [0, 0.05) is 5.56 Å². The number of hydrogen-bond acceptors (Lipinski definition) is 7. The maximum atomic E-state index is 10.8. The molecule has 1 amide bonds. The molecule has 0 unspecified atom stereocenters. The Bertz CT molecular complexity index is 907. The average molecular weight is 398 g/mol. The van der Waals surface area contributed by atoms with Gasteiger partial charge >= 0.3 is 0 Å². The standard InChI is InChI=1S/C21H26N4O4/c1-3-4-6-11-17(13-25(27)14-26)21-24-23-19(29-21)12-18-15(2)28-20(22-18)16-9-7-5-8-10-16/h5,7-10,14,17,27H,3-4,6,11-13H2,1-2H3/t17-/m0/s1. The summed E-state index contributed by atoms with van der Waals surface area (Å²) in [5, 5.41) is 18.5. The molecular formula is C21H26N4O4. The van der Waals surface area contributed by atoms with Crippen LogP contribution in [0.4, 0.5) is 0 Å². The molecule has 0 aliphatic carbocycles. The normalized spacial score (nSPS) is 12.1. The van der Waals surface area contributed by atoms with Crippen molar-refractivity contribution in [2.24, 2.45) is 0 Å². The number of aromatic nitrogens is 3. The van der Waals surface area contributed by atoms with Crippen molar-refractivity contribution < 1.29 is 18.8 Å². The van der Waals surface area contributed by atoms with E-state index in [0.29, 0.717) is 41.3 Å². The van der Waals surface area contributed by atoms with Crippen LogP contribution in [-0.4, -0.2) is 38.4 Å². The lowest BCUT2D eigenvalue weighted by Crippen LogP contribution is -2.24. The quantitative estimate of drug-likeness (QED) is 0.224. The van der Waals surface area contributed by atoms with Crippen molar-refractivity contribution in [3.8, 4) is 11.5 Å². The van der Waals surface area contributed by atoms with Crippen molar-refractivity contribution in [3.63, 3.8) is 0 Å². The van der Waals surface area contributed by atoms with Crippen LogP contribution in [0.25, 0.3) is 11.5 Å². The summed E-state index contributed by atoms with van der Waals surface area (Å²) in [6, 6.07) is 9.68. The maximum absolute atomic E-state index is 10.8. The molecule has 8 heteroatoms. The number of rotatable bonds is 11. The van der Waals surface area contributed by atoms with Crippen molar-refractivity contribution >= 4 is 6.41 Å². The molecule has 0 aliphatic rings. The minimum Gasteiger partial charge on any atom is -0.441 e. The fourth-order valence-electron chi connectivity index (χ4n) is 3.14. The summed E-state index contributed by atoms with van der Waals surface area (Å²) in [5.41, 5.74) is 1.64. The fourth-order valence-corrected chi connectivity index (χ4v) is 3.14. The van der Waals surface area contributed by atoms with Crippen molar-refractivity contribution in [2.75, 3.05) is 6.54 Å². The maximum Gasteiger partial charge on any atom is 0.233 e. The number of aryl methyl sites for hydroxylation is 1. The summed E-state index contributed by atoms with van der Waals surface area (Å²) in [5.74, 6) is 1.88. The summed E-state index contributed by atoms with van der Waals surface area (Å²) in [6.07, 6.45) is 4.58. The van der Waals surface area contributed by atoms with E-state index in [1.54, 1.807) is 0 Å². The minimum absolute atomic E-state index is 0.121. The van der Waals surface area contributed by atoms with Gasteiger partial charge < -0.3 is 8.83 Å². The second kappa shape index (κ2) is 9.97. The van der Waals surface area contributed by atoms with Crippen LogP contribution < -0.4 is 0 Å². The van der Waals surface area contributed by atoms with Gasteiger partial charge in [-0.1, -0.05) is 44.4 Å². The first-order chi connectivity index (χ1) is 14.1. The molecule has 0 saturated heterocycles. The van der Waals surface area contributed by atoms with E-state index in [0.717, 1.165) is 36.9 Å². The predicted molar refractivity (Wildman–Crippen MR) is 105 cm³/mol. The minimum atomic E-state index is -0.212. The van der Waals surface area contributed by atoms with Crippen molar-refractivity contribution in [1.29, 1.82) is 0 Å². The van der Waals surface area contributed by atoms with Gasteiger partial charge in [-0.3, -0.25) is 10.0 Å². The summed E-state index contributed by atoms with van der Waals surface area (Å²) < 4.78 is 11.6. The molecule has 2 aromatic heterocycles. The molecule has 1 N–H and O–H groups in total. The van der Waals surface area contributed by atoms with E-state index in [-0.39, 0.29) is 12.5 Å². The van der Waals surface area contributed by atoms with E-state index >= 15 is 0 Å². The summed E-state index contributed by atoms with van der Waals surface area (Å²) in [6.45, 7) is 4.09. The smallest absolute Gasteiger partial charge is 0.233 e. The highest BCUT2D eigenvalue weighted by molar-refractivity contribution is 5.53. The first-order valence-electron chi connectivity index (χ1n) is 9.85. The van der Waals surface area contributed by atoms with Gasteiger partial charge in [0.2, 0.25) is 24.1 Å². The molecule has 2 heterocycles. The zero-order valence-corrected chi connectivity index (χ0v) is 16.7. The van der Waals surface area contributed by atoms with Gasteiger partial charge in [-0.15, -0.1) is 10.2 Å². The second-order valence-electron chi connectivity index (χ2n) is 7.02. The Hall–Kier alpha value is -3.00. The monoisotopic (exact) mass is 398 g/mol. The lowest BCUT2D eigenvalue weighted by atomic mass is 10.0. The highest BCUT2D eigenvalue weighted by atomic mass is 16.5. The van der Waals surface area contributed by atoms with Crippen molar-refractivity contribution in [1.82, 2.24) is 20.2 Å². The van der Waals surface area contributed by atoms with Crippen LogP contribution in [-0.2, 0) is 11.2 Å². The van der Waals surface area contributed by atoms with E-state index in [1.807, 2.05) is 37.3 Å². The fraction of sp³-hybridized carbons (Fsp3) is 0.429. The Kier molecular flexibility index (Phi) is 7.13.